The van der Waals surface area contributed by atoms with Gasteiger partial charge in [-0.15, -0.1) is 0 Å². The summed E-state index contributed by atoms with van der Waals surface area (Å²) in [7, 11) is 0. The number of hydrogen-bond donors (Lipinski definition) is 2. The number of hydrazone groups is 1. The van der Waals surface area contributed by atoms with Crippen LogP contribution in [0.5, 0.6) is 5.75 Å². The second-order valence-electron chi connectivity index (χ2n) is 9.81. The first-order valence-electron chi connectivity index (χ1n) is 12.9. The Bertz CT molecular complexity index is 1450. The molecule has 3 aromatic carbocycles. The third-order valence-corrected chi connectivity index (χ3v) is 6.63. The van der Waals surface area contributed by atoms with Crippen LogP contribution in [0.25, 0.3) is 10.9 Å². The van der Waals surface area contributed by atoms with Gasteiger partial charge in [-0.05, 0) is 55.2 Å². The highest BCUT2D eigenvalue weighted by Gasteiger charge is 2.22. The van der Waals surface area contributed by atoms with Gasteiger partial charge in [-0.25, -0.2) is 5.43 Å². The Labute approximate surface area is 233 Å². The summed E-state index contributed by atoms with van der Waals surface area (Å²) in [6.45, 7) is 6.55. The number of para-hydroxylation sites is 1. The SMILES string of the molecule is Cc1c(/C=N\NC(=O)[C@H](CC(C)C)NC(=O)COc2ccc(Cl)cc2)c2ccccc2n1Cc1ccccc1. The van der Waals surface area contributed by atoms with Crippen molar-refractivity contribution in [1.82, 2.24) is 15.3 Å². The average molecular weight is 545 g/mol. The van der Waals surface area contributed by atoms with Gasteiger partial charge in [0.2, 0.25) is 0 Å². The van der Waals surface area contributed by atoms with E-state index in [0.29, 0.717) is 17.2 Å². The molecule has 0 fully saturated rings. The van der Waals surface area contributed by atoms with Gasteiger partial charge in [-0.3, -0.25) is 9.59 Å². The third kappa shape index (κ3) is 7.48. The van der Waals surface area contributed by atoms with Gasteiger partial charge in [0.15, 0.2) is 6.61 Å². The minimum absolute atomic E-state index is 0.181. The largest absolute Gasteiger partial charge is 0.484 e. The normalized spacial score (nSPS) is 12.1. The minimum atomic E-state index is -0.746. The molecule has 0 saturated carbocycles. The van der Waals surface area contributed by atoms with Crippen LogP contribution in [0.2, 0.25) is 5.02 Å². The number of hydrogen-bond acceptors (Lipinski definition) is 4. The summed E-state index contributed by atoms with van der Waals surface area (Å²) >= 11 is 5.89. The summed E-state index contributed by atoms with van der Waals surface area (Å²) in [6, 6.07) is 24.4. The Balaban J connectivity index is 1.44. The number of nitrogens with zero attached hydrogens (tertiary/aromatic N) is 2. The van der Waals surface area contributed by atoms with Crippen LogP contribution in [-0.2, 0) is 16.1 Å². The van der Waals surface area contributed by atoms with Gasteiger partial charge in [0.1, 0.15) is 11.8 Å². The van der Waals surface area contributed by atoms with Crippen LogP contribution in [0.15, 0.2) is 84.0 Å². The van der Waals surface area contributed by atoms with E-state index in [1.807, 2.05) is 44.2 Å². The Hall–Kier alpha value is -4.10. The highest BCUT2D eigenvalue weighted by atomic mass is 35.5. The molecule has 0 radical (unpaired) electrons. The summed E-state index contributed by atoms with van der Waals surface area (Å²) in [6.07, 6.45) is 2.14. The molecule has 7 nitrogen and oxygen atoms in total. The predicted octanol–water partition coefficient (Wildman–Crippen LogP) is 5.71. The Morgan fingerprint density at radius 1 is 1.00 bits per heavy atom. The zero-order chi connectivity index (χ0) is 27.8. The van der Waals surface area contributed by atoms with Crippen molar-refractivity contribution in [2.45, 2.75) is 39.8 Å². The van der Waals surface area contributed by atoms with Crippen LogP contribution in [-0.4, -0.2) is 35.2 Å². The maximum absolute atomic E-state index is 13.0. The van der Waals surface area contributed by atoms with Crippen molar-refractivity contribution in [3.05, 3.63) is 101 Å². The number of carbonyl (C=O) groups is 2. The molecule has 39 heavy (non-hydrogen) atoms. The summed E-state index contributed by atoms with van der Waals surface area (Å²) in [4.78, 5) is 25.5. The van der Waals surface area contributed by atoms with Crippen LogP contribution in [0, 0.1) is 12.8 Å². The lowest BCUT2D eigenvalue weighted by molar-refractivity contribution is -0.130. The molecule has 0 aliphatic heterocycles. The van der Waals surface area contributed by atoms with Gasteiger partial charge >= 0.3 is 0 Å². The zero-order valence-electron chi connectivity index (χ0n) is 22.4. The summed E-state index contributed by atoms with van der Waals surface area (Å²) < 4.78 is 7.76. The molecule has 0 aliphatic rings. The van der Waals surface area contributed by atoms with Crippen LogP contribution in [0.3, 0.4) is 0 Å². The molecule has 0 unspecified atom stereocenters. The molecular weight excluding hydrogens is 512 g/mol. The molecule has 0 saturated heterocycles. The Morgan fingerprint density at radius 2 is 1.69 bits per heavy atom. The maximum Gasteiger partial charge on any atom is 0.262 e. The van der Waals surface area contributed by atoms with E-state index in [2.05, 4.69) is 51.6 Å². The average Bonchev–Trinajstić information content (AvgIpc) is 3.18. The molecule has 4 aromatic rings. The van der Waals surface area contributed by atoms with E-state index in [0.717, 1.165) is 28.7 Å². The monoisotopic (exact) mass is 544 g/mol. The molecule has 1 heterocycles. The molecule has 0 aliphatic carbocycles. The van der Waals surface area contributed by atoms with Crippen molar-refractivity contribution >= 4 is 40.5 Å². The van der Waals surface area contributed by atoms with E-state index in [1.54, 1.807) is 30.5 Å². The molecule has 0 bridgehead atoms. The first-order chi connectivity index (χ1) is 18.8. The summed E-state index contributed by atoms with van der Waals surface area (Å²) in [5, 5.41) is 8.68. The molecule has 202 valence electrons. The standard InChI is InChI=1S/C31H33ClN4O3/c1-21(2)17-28(34-30(37)20-39-25-15-13-24(32)14-16-25)31(38)35-33-18-27-22(3)36(19-23-9-5-4-6-10-23)29-12-8-7-11-26(27)29/h4-16,18,21,28H,17,19-20H2,1-3H3,(H,34,37)(H,35,38)/b33-18-/t28-/m0/s1. The molecule has 8 heteroatoms. The minimum Gasteiger partial charge on any atom is -0.484 e. The number of aromatic nitrogens is 1. The molecule has 2 amide bonds. The number of rotatable bonds is 11. The molecular formula is C31H33ClN4O3. The van der Waals surface area contributed by atoms with E-state index in [1.165, 1.54) is 5.56 Å². The van der Waals surface area contributed by atoms with Crippen LogP contribution in [0.1, 0.15) is 37.1 Å². The van der Waals surface area contributed by atoms with Crippen LogP contribution in [0.4, 0.5) is 0 Å². The number of carbonyl (C=O) groups excluding carboxylic acids is 2. The second kappa shape index (κ2) is 13.1. The summed E-state index contributed by atoms with van der Waals surface area (Å²) in [5.74, 6) is -0.0775. The van der Waals surface area contributed by atoms with Gasteiger partial charge < -0.3 is 14.6 Å². The number of nitrogens with one attached hydrogen (secondary N) is 2. The van der Waals surface area contributed by atoms with Gasteiger partial charge in [-0.2, -0.15) is 5.10 Å². The molecule has 1 aromatic heterocycles. The fraction of sp³-hybridized carbons (Fsp3) is 0.258. The lowest BCUT2D eigenvalue weighted by Gasteiger charge is -2.19. The maximum atomic E-state index is 13.0. The number of halogens is 1. The molecule has 2 N–H and O–H groups in total. The van der Waals surface area contributed by atoms with Gasteiger partial charge in [0, 0.05) is 33.7 Å². The first kappa shape index (κ1) is 27.9. The van der Waals surface area contributed by atoms with Crippen molar-refractivity contribution in [2.75, 3.05) is 6.61 Å². The third-order valence-electron chi connectivity index (χ3n) is 6.37. The van der Waals surface area contributed by atoms with E-state index >= 15 is 0 Å². The van der Waals surface area contributed by atoms with Crippen molar-refractivity contribution in [2.24, 2.45) is 11.0 Å². The summed E-state index contributed by atoms with van der Waals surface area (Å²) in [5.41, 5.74) is 6.90. The number of ether oxygens (including phenoxy) is 1. The first-order valence-corrected chi connectivity index (χ1v) is 13.3. The van der Waals surface area contributed by atoms with Crippen molar-refractivity contribution in [3.8, 4) is 5.75 Å². The molecule has 0 spiro atoms. The van der Waals surface area contributed by atoms with Crippen LogP contribution >= 0.6 is 11.6 Å². The highest BCUT2D eigenvalue weighted by molar-refractivity contribution is 6.30. The van der Waals surface area contributed by atoms with Gasteiger partial charge in [0.05, 0.1) is 6.21 Å². The van der Waals surface area contributed by atoms with E-state index < -0.39 is 11.9 Å². The quantitative estimate of drug-likeness (QED) is 0.187. The van der Waals surface area contributed by atoms with Crippen molar-refractivity contribution < 1.29 is 14.3 Å². The predicted molar refractivity (Wildman–Crippen MR) is 156 cm³/mol. The zero-order valence-corrected chi connectivity index (χ0v) is 23.1. The highest BCUT2D eigenvalue weighted by Crippen LogP contribution is 2.25. The van der Waals surface area contributed by atoms with E-state index in [-0.39, 0.29) is 18.4 Å². The number of fused-ring (bicyclic) bond motifs is 1. The van der Waals surface area contributed by atoms with Crippen molar-refractivity contribution in [1.29, 1.82) is 0 Å². The Morgan fingerprint density at radius 3 is 2.41 bits per heavy atom. The Kier molecular flexibility index (Phi) is 9.39. The second-order valence-corrected chi connectivity index (χ2v) is 10.3. The lowest BCUT2D eigenvalue weighted by atomic mass is 10.0. The van der Waals surface area contributed by atoms with Crippen molar-refractivity contribution in [3.63, 3.8) is 0 Å². The fourth-order valence-corrected chi connectivity index (χ4v) is 4.57. The number of benzene rings is 3. The fourth-order valence-electron chi connectivity index (χ4n) is 4.45. The smallest absolute Gasteiger partial charge is 0.262 e. The van der Waals surface area contributed by atoms with Gasteiger partial charge in [0.25, 0.3) is 11.8 Å². The molecule has 4 rings (SSSR count). The van der Waals surface area contributed by atoms with Gasteiger partial charge in [-0.1, -0.05) is 74.0 Å². The van der Waals surface area contributed by atoms with Crippen LogP contribution < -0.4 is 15.5 Å². The number of amides is 2. The lowest BCUT2D eigenvalue weighted by Crippen LogP contribution is -2.47. The van der Waals surface area contributed by atoms with E-state index in [4.69, 9.17) is 16.3 Å². The topological polar surface area (TPSA) is 84.7 Å². The van der Waals surface area contributed by atoms with E-state index in [9.17, 15) is 9.59 Å². The molecule has 1 atom stereocenters.